The summed E-state index contributed by atoms with van der Waals surface area (Å²) < 4.78 is 0. The predicted octanol–water partition coefficient (Wildman–Crippen LogP) is 3.69. The van der Waals surface area contributed by atoms with Crippen LogP contribution in [-0.4, -0.2) is 29.4 Å². The van der Waals surface area contributed by atoms with Crippen molar-refractivity contribution >= 4 is 17.2 Å². The van der Waals surface area contributed by atoms with Crippen molar-refractivity contribution in [3.05, 3.63) is 57.8 Å². The molecule has 0 radical (unpaired) electrons. The van der Waals surface area contributed by atoms with Gasteiger partial charge < -0.3 is 5.32 Å². The lowest BCUT2D eigenvalue weighted by Crippen LogP contribution is -2.53. The Morgan fingerprint density at radius 3 is 2.58 bits per heavy atom. The minimum absolute atomic E-state index is 0.0414. The summed E-state index contributed by atoms with van der Waals surface area (Å²) in [4.78, 5) is 17.5. The Labute approximate surface area is 147 Å². The summed E-state index contributed by atoms with van der Waals surface area (Å²) in [5, 5.41) is 3.34. The zero-order valence-corrected chi connectivity index (χ0v) is 14.9. The number of carbonyl (C=O) groups excluding carboxylic acids is 1. The number of amides is 1. The summed E-state index contributed by atoms with van der Waals surface area (Å²) in [5.41, 5.74) is 1.26. The molecule has 2 fully saturated rings. The molecule has 1 N–H and O–H groups in total. The lowest BCUT2D eigenvalue weighted by atomic mass is 9.74. The van der Waals surface area contributed by atoms with Crippen molar-refractivity contribution in [3.8, 4) is 0 Å². The van der Waals surface area contributed by atoms with E-state index in [4.69, 9.17) is 0 Å². The molecular formula is C20H24N2OS. The zero-order valence-electron chi connectivity index (χ0n) is 14.1. The molecule has 2 aliphatic rings. The standard InChI is InChI=1S/C20H24N2OS/c1-15-7-8-17(24-15)14-22-11-9-20(10-12-22)18(13-19(23)21-20)16-5-3-2-4-6-16/h2-8,18H,9-14H2,1H3,(H,21,23)/t18-/m0/s1. The zero-order chi connectivity index (χ0) is 16.6. The van der Waals surface area contributed by atoms with Crippen molar-refractivity contribution < 1.29 is 4.79 Å². The highest BCUT2D eigenvalue weighted by atomic mass is 32.1. The molecule has 0 bridgehead atoms. The maximum atomic E-state index is 12.2. The van der Waals surface area contributed by atoms with Gasteiger partial charge in [0, 0.05) is 47.3 Å². The van der Waals surface area contributed by atoms with Gasteiger partial charge in [0.15, 0.2) is 0 Å². The number of aryl methyl sites for hydroxylation is 1. The van der Waals surface area contributed by atoms with Gasteiger partial charge in [-0.15, -0.1) is 11.3 Å². The number of nitrogens with one attached hydrogen (secondary N) is 1. The van der Waals surface area contributed by atoms with Crippen molar-refractivity contribution in [2.24, 2.45) is 0 Å². The van der Waals surface area contributed by atoms with E-state index in [0.29, 0.717) is 12.3 Å². The summed E-state index contributed by atoms with van der Waals surface area (Å²) in [7, 11) is 0. The van der Waals surface area contributed by atoms with Gasteiger partial charge in [-0.05, 0) is 37.5 Å². The van der Waals surface area contributed by atoms with Crippen LogP contribution in [0, 0.1) is 6.92 Å². The molecule has 24 heavy (non-hydrogen) atoms. The van der Waals surface area contributed by atoms with Crippen LogP contribution in [0.2, 0.25) is 0 Å². The van der Waals surface area contributed by atoms with Gasteiger partial charge in [-0.3, -0.25) is 9.69 Å². The van der Waals surface area contributed by atoms with Crippen LogP contribution >= 0.6 is 11.3 Å². The fraction of sp³-hybridized carbons (Fsp3) is 0.450. The molecule has 1 aromatic carbocycles. The highest BCUT2D eigenvalue weighted by molar-refractivity contribution is 7.11. The van der Waals surface area contributed by atoms with Gasteiger partial charge in [0.05, 0.1) is 0 Å². The van der Waals surface area contributed by atoms with Crippen LogP contribution in [0.15, 0.2) is 42.5 Å². The number of benzene rings is 1. The molecular weight excluding hydrogens is 316 g/mol. The van der Waals surface area contributed by atoms with Crippen LogP contribution in [0.1, 0.15) is 40.5 Å². The molecule has 1 spiro atoms. The number of thiophene rings is 1. The van der Waals surface area contributed by atoms with E-state index < -0.39 is 0 Å². The van der Waals surface area contributed by atoms with Gasteiger partial charge in [0.2, 0.25) is 5.91 Å². The van der Waals surface area contributed by atoms with E-state index in [1.54, 1.807) is 0 Å². The molecule has 4 rings (SSSR count). The maximum absolute atomic E-state index is 12.2. The number of piperidine rings is 1. The van der Waals surface area contributed by atoms with Crippen LogP contribution in [0.4, 0.5) is 0 Å². The number of carbonyl (C=O) groups is 1. The second-order valence-electron chi connectivity index (χ2n) is 7.16. The number of nitrogens with zero attached hydrogens (tertiary/aromatic N) is 1. The molecule has 1 atom stereocenters. The van der Waals surface area contributed by atoms with Crippen molar-refractivity contribution in [2.75, 3.05) is 13.1 Å². The number of hydrogen-bond donors (Lipinski definition) is 1. The summed E-state index contributed by atoms with van der Waals surface area (Å²) in [6.45, 7) is 5.32. The Hall–Kier alpha value is -1.65. The van der Waals surface area contributed by atoms with Gasteiger partial charge in [-0.25, -0.2) is 0 Å². The average Bonchev–Trinajstić information content (AvgIpc) is 3.14. The largest absolute Gasteiger partial charge is 0.350 e. The van der Waals surface area contributed by atoms with Gasteiger partial charge in [-0.1, -0.05) is 30.3 Å². The van der Waals surface area contributed by atoms with E-state index in [1.165, 1.54) is 15.3 Å². The molecule has 0 aliphatic carbocycles. The maximum Gasteiger partial charge on any atom is 0.221 e. The molecule has 2 aliphatic heterocycles. The Morgan fingerprint density at radius 2 is 1.92 bits per heavy atom. The van der Waals surface area contributed by atoms with Crippen molar-refractivity contribution in [3.63, 3.8) is 0 Å². The fourth-order valence-electron chi connectivity index (χ4n) is 4.29. The second-order valence-corrected chi connectivity index (χ2v) is 8.53. The van der Waals surface area contributed by atoms with Gasteiger partial charge >= 0.3 is 0 Å². The van der Waals surface area contributed by atoms with Gasteiger partial charge in [0.1, 0.15) is 0 Å². The molecule has 126 valence electrons. The monoisotopic (exact) mass is 340 g/mol. The van der Waals surface area contributed by atoms with Crippen LogP contribution < -0.4 is 5.32 Å². The molecule has 2 aromatic rings. The predicted molar refractivity (Wildman–Crippen MR) is 98.2 cm³/mol. The first kappa shape index (κ1) is 15.9. The lowest BCUT2D eigenvalue weighted by molar-refractivity contribution is -0.120. The molecule has 3 nitrogen and oxygen atoms in total. The SMILES string of the molecule is Cc1ccc(CN2CCC3(CC2)NC(=O)C[C@H]3c2ccccc2)s1. The van der Waals surface area contributed by atoms with Gasteiger partial charge in [0.25, 0.3) is 0 Å². The third-order valence-electron chi connectivity index (χ3n) is 5.57. The second kappa shape index (κ2) is 6.34. The molecule has 0 saturated carbocycles. The van der Waals surface area contributed by atoms with E-state index in [-0.39, 0.29) is 11.4 Å². The van der Waals surface area contributed by atoms with Crippen LogP contribution in [0.3, 0.4) is 0 Å². The fourth-order valence-corrected chi connectivity index (χ4v) is 5.23. The Morgan fingerprint density at radius 1 is 1.17 bits per heavy atom. The van der Waals surface area contributed by atoms with E-state index in [2.05, 4.69) is 53.5 Å². The average molecular weight is 340 g/mol. The summed E-state index contributed by atoms with van der Waals surface area (Å²) in [5.74, 6) is 0.531. The summed E-state index contributed by atoms with van der Waals surface area (Å²) in [6, 6.07) is 15.0. The molecule has 1 aromatic heterocycles. The molecule has 0 unspecified atom stereocenters. The van der Waals surface area contributed by atoms with E-state index in [9.17, 15) is 4.79 Å². The number of likely N-dealkylation sites (tertiary alicyclic amines) is 1. The smallest absolute Gasteiger partial charge is 0.221 e. The van der Waals surface area contributed by atoms with Crippen molar-refractivity contribution in [1.82, 2.24) is 10.2 Å². The third kappa shape index (κ3) is 3.01. The Balaban J connectivity index is 1.47. The normalized spacial score (nSPS) is 23.5. The molecule has 4 heteroatoms. The van der Waals surface area contributed by atoms with Crippen LogP contribution in [-0.2, 0) is 11.3 Å². The minimum atomic E-state index is -0.0414. The number of rotatable bonds is 3. The highest BCUT2D eigenvalue weighted by Gasteiger charge is 2.48. The van der Waals surface area contributed by atoms with E-state index in [1.807, 2.05) is 17.4 Å². The first-order chi connectivity index (χ1) is 11.6. The van der Waals surface area contributed by atoms with Crippen molar-refractivity contribution in [1.29, 1.82) is 0 Å². The van der Waals surface area contributed by atoms with E-state index >= 15 is 0 Å². The first-order valence-corrected chi connectivity index (χ1v) is 9.60. The first-order valence-electron chi connectivity index (χ1n) is 8.78. The molecule has 3 heterocycles. The minimum Gasteiger partial charge on any atom is -0.350 e. The van der Waals surface area contributed by atoms with Gasteiger partial charge in [-0.2, -0.15) is 0 Å². The summed E-state index contributed by atoms with van der Waals surface area (Å²) in [6.07, 6.45) is 2.72. The van der Waals surface area contributed by atoms with E-state index in [0.717, 1.165) is 32.5 Å². The lowest BCUT2D eigenvalue weighted by Gasteiger charge is -2.43. The van der Waals surface area contributed by atoms with Crippen LogP contribution in [0.5, 0.6) is 0 Å². The highest BCUT2D eigenvalue weighted by Crippen LogP contribution is 2.43. The topological polar surface area (TPSA) is 32.3 Å². The molecule has 1 amide bonds. The summed E-state index contributed by atoms with van der Waals surface area (Å²) >= 11 is 1.89. The third-order valence-corrected chi connectivity index (χ3v) is 6.56. The Bertz CT molecular complexity index is 716. The molecule has 2 saturated heterocycles. The number of hydrogen-bond acceptors (Lipinski definition) is 3. The van der Waals surface area contributed by atoms with Crippen molar-refractivity contribution in [2.45, 2.75) is 44.2 Å². The Kier molecular flexibility index (Phi) is 4.19. The van der Waals surface area contributed by atoms with Crippen LogP contribution in [0.25, 0.3) is 0 Å². The quantitative estimate of drug-likeness (QED) is 0.924.